The predicted octanol–water partition coefficient (Wildman–Crippen LogP) is 2.53. The summed E-state index contributed by atoms with van der Waals surface area (Å²) in [6.45, 7) is 5.66. The number of ether oxygens (including phenoxy) is 1. The fourth-order valence-corrected chi connectivity index (χ4v) is 3.64. The molecule has 4 nitrogen and oxygen atoms in total. The van der Waals surface area contributed by atoms with Gasteiger partial charge >= 0.3 is 6.09 Å². The van der Waals surface area contributed by atoms with Crippen molar-refractivity contribution in [2.45, 2.75) is 70.2 Å². The van der Waals surface area contributed by atoms with Crippen molar-refractivity contribution in [3.05, 3.63) is 0 Å². The average Bonchev–Trinajstić information content (AvgIpc) is 2.25. The van der Waals surface area contributed by atoms with Gasteiger partial charge in [-0.25, -0.2) is 4.79 Å². The van der Waals surface area contributed by atoms with Crippen LogP contribution in [0.1, 0.15) is 46.5 Å². The molecule has 2 rings (SSSR count). The van der Waals surface area contributed by atoms with Crippen molar-refractivity contribution in [1.29, 1.82) is 0 Å². The molecule has 110 valence electrons. The summed E-state index contributed by atoms with van der Waals surface area (Å²) < 4.78 is 5.26. The van der Waals surface area contributed by atoms with E-state index in [4.69, 9.17) is 4.74 Å². The molecule has 1 aliphatic heterocycles. The van der Waals surface area contributed by atoms with Crippen molar-refractivity contribution in [3.63, 3.8) is 0 Å². The van der Waals surface area contributed by atoms with E-state index in [0.29, 0.717) is 12.1 Å². The first-order valence-corrected chi connectivity index (χ1v) is 8.41. The normalized spacial score (nSPS) is 31.4. The summed E-state index contributed by atoms with van der Waals surface area (Å²) in [6, 6.07) is 1.53. The largest absolute Gasteiger partial charge is 0.444 e. The molecule has 2 aliphatic rings. The summed E-state index contributed by atoms with van der Waals surface area (Å²) in [5.41, 5.74) is -0.412. The Labute approximate surface area is 120 Å². The molecular weight excluding hydrogens is 260 g/mol. The number of hydrogen-bond donors (Lipinski definition) is 2. The second-order valence-electron chi connectivity index (χ2n) is 6.59. The molecule has 0 aromatic carbocycles. The fraction of sp³-hybridized carbons (Fsp3) is 0.929. The quantitative estimate of drug-likeness (QED) is 0.837. The number of nitrogens with one attached hydrogen (secondary N) is 2. The van der Waals surface area contributed by atoms with Crippen LogP contribution in [0.4, 0.5) is 4.79 Å². The van der Waals surface area contributed by atoms with Crippen LogP contribution in [0.5, 0.6) is 0 Å². The molecular formula is C14H26N2O2S. The van der Waals surface area contributed by atoms with Gasteiger partial charge in [-0.15, -0.1) is 0 Å². The van der Waals surface area contributed by atoms with Gasteiger partial charge in [-0.2, -0.15) is 11.8 Å². The number of rotatable bonds is 3. The van der Waals surface area contributed by atoms with Gasteiger partial charge in [-0.1, -0.05) is 0 Å². The van der Waals surface area contributed by atoms with Crippen LogP contribution in [-0.4, -0.2) is 41.3 Å². The summed E-state index contributed by atoms with van der Waals surface area (Å²) in [5.74, 6) is 2.55. The summed E-state index contributed by atoms with van der Waals surface area (Å²) in [6.07, 6.45) is 4.40. The minimum atomic E-state index is -0.412. The molecule has 2 fully saturated rings. The van der Waals surface area contributed by atoms with Crippen LogP contribution in [0.25, 0.3) is 0 Å². The second-order valence-corrected chi connectivity index (χ2v) is 7.74. The van der Waals surface area contributed by atoms with E-state index in [1.165, 1.54) is 24.3 Å². The van der Waals surface area contributed by atoms with Crippen LogP contribution < -0.4 is 10.6 Å². The lowest BCUT2D eigenvalue weighted by Crippen LogP contribution is -2.55. The van der Waals surface area contributed by atoms with Gasteiger partial charge in [0.05, 0.1) is 0 Å². The highest BCUT2D eigenvalue weighted by Gasteiger charge is 2.33. The molecule has 5 heteroatoms. The zero-order valence-corrected chi connectivity index (χ0v) is 13.0. The molecule has 0 radical (unpaired) electrons. The summed E-state index contributed by atoms with van der Waals surface area (Å²) >= 11 is 2.05. The molecule has 0 bridgehead atoms. The second kappa shape index (κ2) is 6.35. The lowest BCUT2D eigenvalue weighted by molar-refractivity contribution is 0.0463. The van der Waals surface area contributed by atoms with Crippen LogP contribution in [0, 0.1) is 0 Å². The number of amides is 1. The smallest absolute Gasteiger partial charge is 0.407 e. The van der Waals surface area contributed by atoms with Crippen molar-refractivity contribution < 1.29 is 9.53 Å². The fourth-order valence-electron chi connectivity index (χ4n) is 2.55. The van der Waals surface area contributed by atoms with E-state index in [-0.39, 0.29) is 12.1 Å². The Balaban J connectivity index is 1.59. The van der Waals surface area contributed by atoms with Gasteiger partial charge in [-0.05, 0) is 52.2 Å². The van der Waals surface area contributed by atoms with E-state index in [1.54, 1.807) is 0 Å². The maximum Gasteiger partial charge on any atom is 0.407 e. The summed E-state index contributed by atoms with van der Waals surface area (Å²) in [4.78, 5) is 11.6. The highest BCUT2D eigenvalue weighted by atomic mass is 32.2. The third-order valence-corrected chi connectivity index (χ3v) is 4.71. The number of carbonyl (C=O) groups is 1. The van der Waals surface area contributed by atoms with E-state index >= 15 is 0 Å². The van der Waals surface area contributed by atoms with E-state index in [2.05, 4.69) is 10.6 Å². The Morgan fingerprint density at radius 2 is 1.95 bits per heavy atom. The molecule has 1 amide bonds. The maximum absolute atomic E-state index is 11.6. The third-order valence-electron chi connectivity index (χ3n) is 3.49. The van der Waals surface area contributed by atoms with Crippen molar-refractivity contribution >= 4 is 17.9 Å². The molecule has 1 atom stereocenters. The highest BCUT2D eigenvalue weighted by Crippen LogP contribution is 2.24. The summed E-state index contributed by atoms with van der Waals surface area (Å²) in [7, 11) is 0. The maximum atomic E-state index is 11.6. The molecule has 1 unspecified atom stereocenters. The van der Waals surface area contributed by atoms with Gasteiger partial charge in [0, 0.05) is 23.9 Å². The zero-order chi connectivity index (χ0) is 13.9. The first-order chi connectivity index (χ1) is 8.92. The van der Waals surface area contributed by atoms with Crippen molar-refractivity contribution in [2.75, 3.05) is 11.5 Å². The first kappa shape index (κ1) is 15.0. The van der Waals surface area contributed by atoms with Crippen molar-refractivity contribution in [2.24, 2.45) is 0 Å². The van der Waals surface area contributed by atoms with Crippen LogP contribution in [-0.2, 0) is 4.74 Å². The minimum absolute atomic E-state index is 0.281. The zero-order valence-electron chi connectivity index (χ0n) is 12.2. The standard InChI is InChI=1S/C14H26N2O2S/c1-14(2,3)18-13(17)16-12-7-11(8-12)15-10-5-4-6-19-9-10/h10-12,15H,4-9H2,1-3H3,(H,16,17). The molecule has 1 aliphatic carbocycles. The molecule has 19 heavy (non-hydrogen) atoms. The monoisotopic (exact) mass is 286 g/mol. The Morgan fingerprint density at radius 1 is 1.21 bits per heavy atom. The molecule has 2 N–H and O–H groups in total. The van der Waals surface area contributed by atoms with Gasteiger partial charge in [0.25, 0.3) is 0 Å². The van der Waals surface area contributed by atoms with Crippen LogP contribution in [0.3, 0.4) is 0 Å². The Morgan fingerprint density at radius 3 is 2.53 bits per heavy atom. The van der Waals surface area contributed by atoms with E-state index < -0.39 is 5.60 Å². The SMILES string of the molecule is CC(C)(C)OC(=O)NC1CC(NC2CCCSC2)C1. The minimum Gasteiger partial charge on any atom is -0.444 e. The molecule has 0 aromatic heterocycles. The Kier molecular flexibility index (Phi) is 5.01. The highest BCUT2D eigenvalue weighted by molar-refractivity contribution is 7.99. The summed E-state index contributed by atoms with van der Waals surface area (Å²) in [5, 5.41) is 6.63. The van der Waals surface area contributed by atoms with Gasteiger partial charge in [0.2, 0.25) is 0 Å². The first-order valence-electron chi connectivity index (χ1n) is 7.26. The molecule has 1 saturated heterocycles. The lowest BCUT2D eigenvalue weighted by atomic mass is 9.86. The third kappa shape index (κ3) is 5.22. The van der Waals surface area contributed by atoms with Gasteiger partial charge < -0.3 is 15.4 Å². The number of hydrogen-bond acceptors (Lipinski definition) is 4. The number of thioether (sulfide) groups is 1. The van der Waals surface area contributed by atoms with Crippen LogP contribution in [0.2, 0.25) is 0 Å². The van der Waals surface area contributed by atoms with E-state index in [1.807, 2.05) is 32.5 Å². The molecule has 0 spiro atoms. The van der Waals surface area contributed by atoms with Crippen molar-refractivity contribution in [1.82, 2.24) is 10.6 Å². The van der Waals surface area contributed by atoms with Crippen LogP contribution >= 0.6 is 11.8 Å². The van der Waals surface area contributed by atoms with E-state index in [0.717, 1.165) is 12.8 Å². The van der Waals surface area contributed by atoms with E-state index in [9.17, 15) is 4.79 Å². The number of carbonyl (C=O) groups excluding carboxylic acids is 1. The van der Waals surface area contributed by atoms with Gasteiger partial charge in [-0.3, -0.25) is 0 Å². The Bertz CT molecular complexity index is 305. The number of alkyl carbamates (subject to hydrolysis) is 1. The lowest BCUT2D eigenvalue weighted by Gasteiger charge is -2.39. The van der Waals surface area contributed by atoms with Crippen LogP contribution in [0.15, 0.2) is 0 Å². The predicted molar refractivity (Wildman–Crippen MR) is 79.7 cm³/mol. The topological polar surface area (TPSA) is 50.4 Å². The Hall–Kier alpha value is -0.420. The molecule has 1 saturated carbocycles. The molecule has 0 aromatic rings. The average molecular weight is 286 g/mol. The van der Waals surface area contributed by atoms with Gasteiger partial charge in [0.15, 0.2) is 0 Å². The van der Waals surface area contributed by atoms with Gasteiger partial charge in [0.1, 0.15) is 5.60 Å². The molecule has 1 heterocycles. The van der Waals surface area contributed by atoms with Crippen molar-refractivity contribution in [3.8, 4) is 0 Å².